The second kappa shape index (κ2) is 10.3. The normalized spacial score (nSPS) is 28.7. The highest BCUT2D eigenvalue weighted by molar-refractivity contribution is 8.00. The summed E-state index contributed by atoms with van der Waals surface area (Å²) in [6.07, 6.45) is 0.488. The standard InChI is InChI=1S/C31H31N3O9S/c1-12-6-15-7-16-17(8-32)34-18-9-40-31(38)19(36)10-44-30(24(34)23(33(16)4)20(15)25(37)26(12)39-5)22-21(18)29-28(41-11-42-29)13(2)27(22)43-14(3)35/h6,16-18,23-24,30,37H,7,9-11H2,1-5H3/t16-,17-,18?,23+,24+,30+/m0/s1. The number of likely N-dealkylation sites (N-methyl/N-ethyl adjacent to an activating group) is 1. The highest BCUT2D eigenvalue weighted by Crippen LogP contribution is 2.63. The minimum Gasteiger partial charge on any atom is -0.504 e. The van der Waals surface area contributed by atoms with E-state index in [2.05, 4.69) is 15.9 Å². The zero-order valence-electron chi connectivity index (χ0n) is 24.8. The Balaban J connectivity index is 1.57. The van der Waals surface area contributed by atoms with Gasteiger partial charge in [-0.3, -0.25) is 19.4 Å². The first-order valence-electron chi connectivity index (χ1n) is 14.3. The molecule has 6 atom stereocenters. The second-order valence-electron chi connectivity index (χ2n) is 11.8. The number of hydrogen-bond acceptors (Lipinski definition) is 13. The van der Waals surface area contributed by atoms with Crippen molar-refractivity contribution in [2.75, 3.05) is 33.3 Å². The van der Waals surface area contributed by atoms with E-state index in [0.29, 0.717) is 51.7 Å². The van der Waals surface area contributed by atoms with Crippen LogP contribution in [0, 0.1) is 25.2 Å². The van der Waals surface area contributed by atoms with Crippen LogP contribution < -0.4 is 18.9 Å². The summed E-state index contributed by atoms with van der Waals surface area (Å²) < 4.78 is 29.0. The van der Waals surface area contributed by atoms with Crippen molar-refractivity contribution in [3.8, 4) is 34.8 Å². The van der Waals surface area contributed by atoms with Gasteiger partial charge in [-0.1, -0.05) is 6.07 Å². The minimum absolute atomic E-state index is 0.0240. The molecule has 13 heteroatoms. The van der Waals surface area contributed by atoms with Gasteiger partial charge in [-0.2, -0.15) is 5.26 Å². The van der Waals surface area contributed by atoms with Crippen LogP contribution in [0.4, 0.5) is 0 Å². The number of phenols is 1. The maximum atomic E-state index is 12.9. The third-order valence-corrected chi connectivity index (χ3v) is 10.8. The highest BCUT2D eigenvalue weighted by atomic mass is 32.2. The van der Waals surface area contributed by atoms with Gasteiger partial charge in [0.1, 0.15) is 18.4 Å². The van der Waals surface area contributed by atoms with Crippen LogP contribution >= 0.6 is 11.8 Å². The quantitative estimate of drug-likeness (QED) is 0.298. The number of cyclic esters (lactones) is 1. The van der Waals surface area contributed by atoms with Crippen molar-refractivity contribution < 1.29 is 43.2 Å². The topological polar surface area (TPSA) is 148 Å². The highest BCUT2D eigenvalue weighted by Gasteiger charge is 2.60. The molecule has 0 aromatic heterocycles. The number of benzene rings is 2. The summed E-state index contributed by atoms with van der Waals surface area (Å²) >= 11 is 1.22. The molecule has 1 N–H and O–H groups in total. The number of carbonyl (C=O) groups is 3. The third-order valence-electron chi connectivity index (χ3n) is 9.54. The van der Waals surface area contributed by atoms with Gasteiger partial charge in [-0.15, -0.1) is 11.8 Å². The summed E-state index contributed by atoms with van der Waals surface area (Å²) in [7, 11) is 3.45. The Morgan fingerprint density at radius 3 is 2.59 bits per heavy atom. The molecule has 2 fully saturated rings. The van der Waals surface area contributed by atoms with Crippen LogP contribution in [0.5, 0.6) is 28.7 Å². The van der Waals surface area contributed by atoms with Crippen LogP contribution in [0.15, 0.2) is 6.07 Å². The Labute approximate surface area is 257 Å². The Morgan fingerprint density at radius 1 is 1.14 bits per heavy atom. The van der Waals surface area contributed by atoms with E-state index in [-0.39, 0.29) is 30.9 Å². The van der Waals surface area contributed by atoms with Crippen molar-refractivity contribution >= 4 is 29.5 Å². The van der Waals surface area contributed by atoms with Gasteiger partial charge in [0.2, 0.25) is 12.6 Å². The maximum Gasteiger partial charge on any atom is 0.375 e. The van der Waals surface area contributed by atoms with E-state index >= 15 is 0 Å². The van der Waals surface area contributed by atoms with Gasteiger partial charge in [0.15, 0.2) is 23.0 Å². The molecule has 5 aliphatic heterocycles. The molecule has 230 valence electrons. The van der Waals surface area contributed by atoms with E-state index in [9.17, 15) is 24.8 Å². The molecular weight excluding hydrogens is 590 g/mol. The molecule has 2 aromatic carbocycles. The molecular formula is C31H31N3O9S. The molecule has 0 aliphatic carbocycles. The SMILES string of the molecule is COc1c(C)cc2c(c1O)[C@@H]1[C@@H]3[C@@H]4SCC(=O)C(=O)OCC(c5c6c(c(C)c(OC(C)=O)c54)OCO6)N3[C@@H](C#N)[C@H](C2)N1C. The predicted octanol–water partition coefficient (Wildman–Crippen LogP) is 2.80. The Bertz CT molecular complexity index is 1690. The van der Waals surface area contributed by atoms with Crippen LogP contribution in [-0.2, 0) is 25.5 Å². The molecule has 0 saturated carbocycles. The number of rotatable bonds is 2. The number of aromatic hydroxyl groups is 1. The average molecular weight is 622 g/mol. The van der Waals surface area contributed by atoms with Crippen LogP contribution in [0.3, 0.4) is 0 Å². The zero-order valence-corrected chi connectivity index (χ0v) is 25.6. The summed E-state index contributed by atoms with van der Waals surface area (Å²) in [5, 5.41) is 21.9. The number of esters is 2. The van der Waals surface area contributed by atoms with Crippen LogP contribution in [0.2, 0.25) is 0 Å². The number of aryl methyl sites for hydroxylation is 1. The fourth-order valence-corrected chi connectivity index (χ4v) is 9.23. The molecule has 2 aromatic rings. The van der Waals surface area contributed by atoms with Gasteiger partial charge >= 0.3 is 11.9 Å². The van der Waals surface area contributed by atoms with Gasteiger partial charge in [0, 0.05) is 41.3 Å². The molecule has 12 nitrogen and oxygen atoms in total. The van der Waals surface area contributed by atoms with E-state index in [1.165, 1.54) is 25.8 Å². The fraction of sp³-hybridized carbons (Fsp3) is 0.484. The number of methoxy groups -OCH3 is 1. The lowest BCUT2D eigenvalue weighted by Gasteiger charge is -2.61. The number of nitrogens with zero attached hydrogens (tertiary/aromatic N) is 3. The Morgan fingerprint density at radius 2 is 1.89 bits per heavy atom. The van der Waals surface area contributed by atoms with E-state index in [1.807, 2.05) is 20.0 Å². The zero-order chi connectivity index (χ0) is 31.2. The average Bonchev–Trinajstić information content (AvgIpc) is 3.47. The Hall–Kier alpha value is -3.99. The van der Waals surface area contributed by atoms with Crippen LogP contribution in [0.1, 0.15) is 57.6 Å². The van der Waals surface area contributed by atoms with Crippen molar-refractivity contribution in [2.24, 2.45) is 0 Å². The number of thioether (sulfide) groups is 1. The Kier molecular flexibility index (Phi) is 6.73. The lowest BCUT2D eigenvalue weighted by Crippen LogP contribution is -2.69. The van der Waals surface area contributed by atoms with E-state index in [1.54, 1.807) is 6.92 Å². The van der Waals surface area contributed by atoms with Crippen molar-refractivity contribution in [2.45, 2.75) is 62.7 Å². The third kappa shape index (κ3) is 3.87. The first kappa shape index (κ1) is 28.8. The molecule has 0 amide bonds. The number of fused-ring (bicyclic) bond motifs is 9. The van der Waals surface area contributed by atoms with Crippen molar-refractivity contribution in [1.29, 1.82) is 5.26 Å². The number of piperazine rings is 1. The number of carbonyl (C=O) groups excluding carboxylic acids is 3. The van der Waals surface area contributed by atoms with Gasteiger partial charge in [-0.25, -0.2) is 4.79 Å². The van der Waals surface area contributed by atoms with Gasteiger partial charge < -0.3 is 28.8 Å². The van der Waals surface area contributed by atoms with Crippen LogP contribution in [-0.4, -0.2) is 84.1 Å². The molecule has 0 spiro atoms. The molecule has 0 radical (unpaired) electrons. The number of Topliss-reactive ketones (excluding diaryl/α,β-unsaturated/α-hetero) is 1. The summed E-state index contributed by atoms with van der Waals surface area (Å²) in [6.45, 7) is 4.65. The van der Waals surface area contributed by atoms with Crippen molar-refractivity contribution in [3.05, 3.63) is 39.4 Å². The fourth-order valence-electron chi connectivity index (χ4n) is 7.90. The molecule has 5 heterocycles. The molecule has 2 saturated heterocycles. The summed E-state index contributed by atoms with van der Waals surface area (Å²) in [5.41, 5.74) is 4.16. The number of ketones is 1. The summed E-state index contributed by atoms with van der Waals surface area (Å²) in [4.78, 5) is 42.3. The lowest BCUT2D eigenvalue weighted by atomic mass is 9.71. The number of hydrogen-bond donors (Lipinski definition) is 1. The molecule has 44 heavy (non-hydrogen) atoms. The largest absolute Gasteiger partial charge is 0.504 e. The first-order chi connectivity index (χ1) is 21.1. The predicted molar refractivity (Wildman–Crippen MR) is 155 cm³/mol. The van der Waals surface area contributed by atoms with E-state index < -0.39 is 47.1 Å². The molecule has 5 aliphatic rings. The monoisotopic (exact) mass is 621 g/mol. The van der Waals surface area contributed by atoms with Gasteiger partial charge in [0.25, 0.3) is 0 Å². The van der Waals surface area contributed by atoms with Crippen molar-refractivity contribution in [3.63, 3.8) is 0 Å². The molecule has 1 unspecified atom stereocenters. The number of ether oxygens (including phenoxy) is 5. The second-order valence-corrected chi connectivity index (χ2v) is 12.9. The van der Waals surface area contributed by atoms with Gasteiger partial charge in [-0.05, 0) is 38.4 Å². The van der Waals surface area contributed by atoms with E-state index in [0.717, 1.165) is 11.1 Å². The summed E-state index contributed by atoms with van der Waals surface area (Å²) in [5.74, 6) is -0.855. The smallest absolute Gasteiger partial charge is 0.375 e. The number of nitriles is 1. The summed E-state index contributed by atoms with van der Waals surface area (Å²) in [6, 6.07) is 1.81. The lowest BCUT2D eigenvalue weighted by molar-refractivity contribution is -0.157. The first-order valence-corrected chi connectivity index (χ1v) is 15.4. The molecule has 7 rings (SSSR count). The molecule has 4 bridgehead atoms. The maximum absolute atomic E-state index is 12.9. The van der Waals surface area contributed by atoms with E-state index in [4.69, 9.17) is 23.7 Å². The van der Waals surface area contributed by atoms with Crippen molar-refractivity contribution in [1.82, 2.24) is 9.80 Å². The van der Waals surface area contributed by atoms with Gasteiger partial charge in [0.05, 0.1) is 36.3 Å². The van der Waals surface area contributed by atoms with Crippen LogP contribution in [0.25, 0.3) is 0 Å². The minimum atomic E-state index is -0.949. The number of phenolic OH excluding ortho intramolecular Hbond substituents is 1.